The molecular weight excluding hydrogens is 586 g/mol. The largest absolute Gasteiger partial charge is 0.469 e. The predicted octanol–water partition coefficient (Wildman–Crippen LogP) is 3.87. The molecule has 0 saturated carbocycles. The van der Waals surface area contributed by atoms with Gasteiger partial charge in [0.05, 0.1) is 33.0 Å². The highest BCUT2D eigenvalue weighted by Gasteiger charge is 2.20. The lowest BCUT2D eigenvalue weighted by atomic mass is 10.1. The monoisotopic (exact) mass is 645 g/mol. The van der Waals surface area contributed by atoms with Gasteiger partial charge in [-0.2, -0.15) is 0 Å². The van der Waals surface area contributed by atoms with Gasteiger partial charge in [0.2, 0.25) is 5.91 Å². The fourth-order valence-corrected chi connectivity index (χ4v) is 3.91. The Labute approximate surface area is 269 Å². The van der Waals surface area contributed by atoms with E-state index in [1.807, 2.05) is 20.8 Å². The number of carbonyl (C=O) groups is 5. The van der Waals surface area contributed by atoms with Crippen molar-refractivity contribution in [2.24, 2.45) is 0 Å². The quantitative estimate of drug-likeness (QED) is 0.0583. The number of nitrogens with one attached hydrogen (secondary N) is 4. The summed E-state index contributed by atoms with van der Waals surface area (Å²) in [5, 5.41) is 11.5. The molecule has 0 fully saturated rings. The summed E-state index contributed by atoms with van der Waals surface area (Å²) in [4.78, 5) is 62.3. The standard InChI is InChI=1S/C31H59N5O9/c1-5-8-23-43-29(39)34-19-13-18-32-26(28(38)33-17-11-16-27(37)42-4)15-12-21-36(31(41)45-25-10-7-3)22-14-20-35-30(40)44-24-9-6-2/h26,32H,5-25H2,1-4H3,(H,33,38)(H,34,39)(H,35,40). The smallest absolute Gasteiger partial charge is 0.409 e. The molecule has 4 N–H and O–H groups in total. The SMILES string of the molecule is CCCCOC(=O)NCCCNC(CCCN(CCCNC(=O)OCCCC)C(=O)OCCCC)C(=O)NCCCC(=O)OC. The van der Waals surface area contributed by atoms with Crippen molar-refractivity contribution in [3.05, 3.63) is 0 Å². The van der Waals surface area contributed by atoms with Crippen LogP contribution >= 0.6 is 0 Å². The zero-order chi connectivity index (χ0) is 33.5. The van der Waals surface area contributed by atoms with Crippen molar-refractivity contribution in [2.75, 3.05) is 66.2 Å². The molecule has 14 nitrogen and oxygen atoms in total. The Balaban J connectivity index is 4.96. The first-order valence-corrected chi connectivity index (χ1v) is 16.6. The van der Waals surface area contributed by atoms with Crippen molar-refractivity contribution in [3.8, 4) is 0 Å². The summed E-state index contributed by atoms with van der Waals surface area (Å²) in [6.07, 6.45) is 6.49. The van der Waals surface area contributed by atoms with Crippen LogP contribution in [0.3, 0.4) is 0 Å². The van der Waals surface area contributed by atoms with Crippen molar-refractivity contribution in [2.45, 2.75) is 104 Å². The van der Waals surface area contributed by atoms with Crippen LogP contribution in [0.5, 0.6) is 0 Å². The first kappa shape index (κ1) is 41.7. The van der Waals surface area contributed by atoms with E-state index in [9.17, 15) is 24.0 Å². The normalized spacial score (nSPS) is 11.2. The van der Waals surface area contributed by atoms with E-state index >= 15 is 0 Å². The van der Waals surface area contributed by atoms with Gasteiger partial charge in [-0.05, 0) is 57.9 Å². The van der Waals surface area contributed by atoms with Crippen LogP contribution in [-0.2, 0) is 28.5 Å². The Morgan fingerprint density at radius 3 is 1.73 bits per heavy atom. The summed E-state index contributed by atoms with van der Waals surface area (Å²) >= 11 is 0. The number of hydrogen-bond donors (Lipinski definition) is 4. The molecule has 0 aliphatic heterocycles. The summed E-state index contributed by atoms with van der Waals surface area (Å²) in [6, 6.07) is -0.544. The van der Waals surface area contributed by atoms with Gasteiger partial charge in [-0.15, -0.1) is 0 Å². The van der Waals surface area contributed by atoms with Gasteiger partial charge in [0.15, 0.2) is 0 Å². The maximum absolute atomic E-state index is 13.0. The third kappa shape index (κ3) is 24.7. The van der Waals surface area contributed by atoms with Gasteiger partial charge >= 0.3 is 24.2 Å². The molecule has 0 rings (SSSR count). The molecule has 0 radical (unpaired) electrons. The van der Waals surface area contributed by atoms with Gasteiger partial charge in [-0.1, -0.05) is 40.0 Å². The van der Waals surface area contributed by atoms with Crippen LogP contribution in [0, 0.1) is 0 Å². The minimum Gasteiger partial charge on any atom is -0.469 e. The molecule has 14 heteroatoms. The van der Waals surface area contributed by atoms with E-state index in [4.69, 9.17) is 14.2 Å². The molecule has 0 aromatic carbocycles. The number of hydrogen-bond acceptors (Lipinski definition) is 10. The number of unbranched alkanes of at least 4 members (excludes halogenated alkanes) is 3. The fraction of sp³-hybridized carbons (Fsp3) is 0.839. The fourth-order valence-electron chi connectivity index (χ4n) is 3.91. The molecule has 0 heterocycles. The molecule has 45 heavy (non-hydrogen) atoms. The molecule has 0 aliphatic rings. The van der Waals surface area contributed by atoms with Gasteiger partial charge in [-0.25, -0.2) is 14.4 Å². The second-order valence-electron chi connectivity index (χ2n) is 10.6. The van der Waals surface area contributed by atoms with Crippen molar-refractivity contribution in [1.29, 1.82) is 0 Å². The highest BCUT2D eigenvalue weighted by molar-refractivity contribution is 5.81. The maximum atomic E-state index is 13.0. The zero-order valence-corrected chi connectivity index (χ0v) is 28.0. The van der Waals surface area contributed by atoms with Gasteiger partial charge < -0.3 is 45.1 Å². The Morgan fingerprint density at radius 1 is 0.622 bits per heavy atom. The number of alkyl carbamates (subject to hydrolysis) is 2. The highest BCUT2D eigenvalue weighted by atomic mass is 16.6. The van der Waals surface area contributed by atoms with Crippen molar-refractivity contribution < 1.29 is 42.9 Å². The molecule has 0 aromatic heterocycles. The molecule has 1 atom stereocenters. The lowest BCUT2D eigenvalue weighted by Gasteiger charge is -2.24. The summed E-state index contributed by atoms with van der Waals surface area (Å²) in [5.74, 6) is -0.552. The van der Waals surface area contributed by atoms with E-state index in [-0.39, 0.29) is 18.3 Å². The number of nitrogens with zero attached hydrogens (tertiary/aromatic N) is 1. The Hall–Kier alpha value is -3.29. The summed E-state index contributed by atoms with van der Waals surface area (Å²) in [5.41, 5.74) is 0. The van der Waals surface area contributed by atoms with E-state index in [1.54, 1.807) is 4.90 Å². The third-order valence-corrected chi connectivity index (χ3v) is 6.65. The maximum Gasteiger partial charge on any atom is 0.409 e. The van der Waals surface area contributed by atoms with Crippen LogP contribution in [0.2, 0.25) is 0 Å². The lowest BCUT2D eigenvalue weighted by Crippen LogP contribution is -2.46. The number of ether oxygens (including phenoxy) is 4. The first-order chi connectivity index (χ1) is 21.8. The number of amides is 4. The highest BCUT2D eigenvalue weighted by Crippen LogP contribution is 2.06. The molecule has 262 valence electrons. The van der Waals surface area contributed by atoms with E-state index in [2.05, 4.69) is 26.0 Å². The van der Waals surface area contributed by atoms with Gasteiger partial charge in [0.25, 0.3) is 0 Å². The van der Waals surface area contributed by atoms with Crippen molar-refractivity contribution in [1.82, 2.24) is 26.2 Å². The minimum absolute atomic E-state index is 0.204. The van der Waals surface area contributed by atoms with Crippen LogP contribution in [-0.4, -0.2) is 107 Å². The van der Waals surface area contributed by atoms with E-state index in [1.165, 1.54) is 7.11 Å². The molecule has 0 bridgehead atoms. The summed E-state index contributed by atoms with van der Waals surface area (Å²) < 4.78 is 20.3. The second-order valence-corrected chi connectivity index (χ2v) is 10.6. The molecule has 0 spiro atoms. The van der Waals surface area contributed by atoms with Crippen LogP contribution in [0.1, 0.15) is 97.8 Å². The molecule has 0 saturated heterocycles. The topological polar surface area (TPSA) is 174 Å². The van der Waals surface area contributed by atoms with Crippen molar-refractivity contribution in [3.63, 3.8) is 0 Å². The average molecular weight is 646 g/mol. The number of carbonyl (C=O) groups excluding carboxylic acids is 5. The average Bonchev–Trinajstić information content (AvgIpc) is 3.03. The Kier molecular flexibility index (Phi) is 27.3. The van der Waals surface area contributed by atoms with Crippen molar-refractivity contribution >= 4 is 30.2 Å². The van der Waals surface area contributed by atoms with Gasteiger partial charge in [0.1, 0.15) is 0 Å². The molecule has 0 aromatic rings. The van der Waals surface area contributed by atoms with Crippen LogP contribution in [0.4, 0.5) is 14.4 Å². The molecule has 0 aliphatic carbocycles. The third-order valence-electron chi connectivity index (χ3n) is 6.65. The van der Waals surface area contributed by atoms with E-state index in [0.29, 0.717) is 91.2 Å². The van der Waals surface area contributed by atoms with E-state index < -0.39 is 24.3 Å². The van der Waals surface area contributed by atoms with Crippen LogP contribution < -0.4 is 21.3 Å². The molecule has 4 amide bonds. The first-order valence-electron chi connectivity index (χ1n) is 16.6. The Bertz CT molecular complexity index is 816. The summed E-state index contributed by atoms with van der Waals surface area (Å²) in [7, 11) is 1.32. The number of methoxy groups -OCH3 is 1. The second kappa shape index (κ2) is 29.4. The predicted molar refractivity (Wildman–Crippen MR) is 171 cm³/mol. The van der Waals surface area contributed by atoms with Gasteiger partial charge in [-0.3, -0.25) is 9.59 Å². The number of esters is 1. The molecular formula is C31H59N5O9. The Morgan fingerprint density at radius 2 is 1.16 bits per heavy atom. The lowest BCUT2D eigenvalue weighted by molar-refractivity contribution is -0.140. The minimum atomic E-state index is -0.544. The number of rotatable bonds is 27. The zero-order valence-electron chi connectivity index (χ0n) is 28.0. The van der Waals surface area contributed by atoms with E-state index in [0.717, 1.165) is 38.5 Å². The van der Waals surface area contributed by atoms with Crippen LogP contribution in [0.15, 0.2) is 0 Å². The van der Waals surface area contributed by atoms with Gasteiger partial charge in [0, 0.05) is 39.1 Å². The van der Waals surface area contributed by atoms with Crippen LogP contribution in [0.25, 0.3) is 0 Å². The molecule has 1 unspecified atom stereocenters. The summed E-state index contributed by atoms with van der Waals surface area (Å²) in [6.45, 7) is 9.39.